The molecule has 0 aliphatic carbocycles. The van der Waals surface area contributed by atoms with Crippen molar-refractivity contribution in [3.8, 4) is 17.4 Å². The molecule has 0 spiro atoms. The molecule has 1 aromatic heterocycles. The lowest BCUT2D eigenvalue weighted by atomic mass is 10.1. The minimum Gasteiger partial charge on any atom is -0.478 e. The van der Waals surface area contributed by atoms with Crippen LogP contribution in [0, 0.1) is 11.3 Å². The Hall–Kier alpha value is -3.53. The molecule has 0 bridgehead atoms. The molecular weight excluding hydrogens is 415 g/mol. The summed E-state index contributed by atoms with van der Waals surface area (Å²) >= 11 is 11.9. The zero-order chi connectivity index (χ0) is 21.0. The SMILES string of the molecule is N#CC(=Cc1ccc(-c2cc(C(=O)O)ccc2Cl)o1)C(=O)Nc1ccc(Cl)cc1. The first-order chi connectivity index (χ1) is 13.9. The summed E-state index contributed by atoms with van der Waals surface area (Å²) in [6.07, 6.45) is 1.28. The third-order valence-corrected chi connectivity index (χ3v) is 4.44. The summed E-state index contributed by atoms with van der Waals surface area (Å²) in [5.41, 5.74) is 0.748. The highest BCUT2D eigenvalue weighted by atomic mass is 35.5. The molecule has 8 heteroatoms. The highest BCUT2D eigenvalue weighted by Crippen LogP contribution is 2.31. The van der Waals surface area contributed by atoms with Crippen LogP contribution in [0.4, 0.5) is 5.69 Å². The Morgan fingerprint density at radius 3 is 2.45 bits per heavy atom. The molecule has 1 heterocycles. The van der Waals surface area contributed by atoms with Gasteiger partial charge in [-0.2, -0.15) is 5.26 Å². The summed E-state index contributed by atoms with van der Waals surface area (Å²) in [6, 6.07) is 15.6. The number of carboxylic acid groups (broad SMARTS) is 1. The van der Waals surface area contributed by atoms with E-state index in [0.717, 1.165) is 0 Å². The summed E-state index contributed by atoms with van der Waals surface area (Å²) in [6.45, 7) is 0. The number of carboxylic acids is 1. The third kappa shape index (κ3) is 4.85. The monoisotopic (exact) mass is 426 g/mol. The van der Waals surface area contributed by atoms with Crippen LogP contribution in [0.15, 0.2) is 64.6 Å². The van der Waals surface area contributed by atoms with E-state index in [1.165, 1.54) is 24.3 Å². The van der Waals surface area contributed by atoms with E-state index in [1.807, 2.05) is 6.07 Å². The predicted octanol–water partition coefficient (Wildman–Crippen LogP) is 5.50. The van der Waals surface area contributed by atoms with E-state index in [2.05, 4.69) is 5.32 Å². The molecule has 0 atom stereocenters. The fraction of sp³-hybridized carbons (Fsp3) is 0. The number of amides is 1. The van der Waals surface area contributed by atoms with Crippen LogP contribution in [0.5, 0.6) is 0 Å². The van der Waals surface area contributed by atoms with Crippen molar-refractivity contribution in [1.29, 1.82) is 5.26 Å². The van der Waals surface area contributed by atoms with Gasteiger partial charge in [0, 0.05) is 22.3 Å². The maximum atomic E-state index is 12.3. The number of benzene rings is 2. The van der Waals surface area contributed by atoms with Crippen molar-refractivity contribution in [2.75, 3.05) is 5.32 Å². The second-order valence-corrected chi connectivity index (χ2v) is 6.68. The number of nitrogens with zero attached hydrogens (tertiary/aromatic N) is 1. The smallest absolute Gasteiger partial charge is 0.335 e. The molecule has 0 fully saturated rings. The predicted molar refractivity (Wildman–Crippen MR) is 110 cm³/mol. The lowest BCUT2D eigenvalue weighted by Gasteiger charge is -2.04. The van der Waals surface area contributed by atoms with Gasteiger partial charge < -0.3 is 14.8 Å². The van der Waals surface area contributed by atoms with Crippen LogP contribution < -0.4 is 5.32 Å². The minimum absolute atomic E-state index is 0.0537. The van der Waals surface area contributed by atoms with Crippen molar-refractivity contribution in [2.45, 2.75) is 0 Å². The van der Waals surface area contributed by atoms with Crippen LogP contribution in [0.3, 0.4) is 0 Å². The molecule has 2 N–H and O–H groups in total. The van der Waals surface area contributed by atoms with Gasteiger partial charge in [-0.05, 0) is 54.6 Å². The topological polar surface area (TPSA) is 103 Å². The Morgan fingerprint density at radius 2 is 1.79 bits per heavy atom. The molecule has 1 amide bonds. The Labute approximate surface area is 175 Å². The van der Waals surface area contributed by atoms with Crippen molar-refractivity contribution >= 4 is 46.8 Å². The fourth-order valence-electron chi connectivity index (χ4n) is 2.44. The van der Waals surface area contributed by atoms with E-state index in [-0.39, 0.29) is 16.9 Å². The molecule has 6 nitrogen and oxygen atoms in total. The van der Waals surface area contributed by atoms with E-state index in [4.69, 9.17) is 32.7 Å². The van der Waals surface area contributed by atoms with Crippen LogP contribution in [-0.4, -0.2) is 17.0 Å². The van der Waals surface area contributed by atoms with Crippen molar-refractivity contribution in [2.24, 2.45) is 0 Å². The molecule has 144 valence electrons. The Morgan fingerprint density at radius 1 is 1.07 bits per heavy atom. The van der Waals surface area contributed by atoms with E-state index in [1.54, 1.807) is 36.4 Å². The average molecular weight is 427 g/mol. The molecule has 0 unspecified atom stereocenters. The molecule has 3 aromatic rings. The minimum atomic E-state index is -1.10. The van der Waals surface area contributed by atoms with Gasteiger partial charge in [-0.15, -0.1) is 0 Å². The molecule has 0 saturated heterocycles. The first-order valence-electron chi connectivity index (χ1n) is 8.19. The van der Waals surface area contributed by atoms with Gasteiger partial charge in [0.1, 0.15) is 23.2 Å². The van der Waals surface area contributed by atoms with Crippen molar-refractivity contribution < 1.29 is 19.1 Å². The molecular formula is C21H12Cl2N2O4. The average Bonchev–Trinajstić information content (AvgIpc) is 3.16. The number of nitriles is 1. The van der Waals surface area contributed by atoms with Gasteiger partial charge >= 0.3 is 5.97 Å². The van der Waals surface area contributed by atoms with E-state index in [0.29, 0.717) is 27.1 Å². The number of carbonyl (C=O) groups is 2. The Balaban J connectivity index is 1.85. The summed E-state index contributed by atoms with van der Waals surface area (Å²) < 4.78 is 5.63. The number of carbonyl (C=O) groups excluding carboxylic acids is 1. The standard InChI is InChI=1S/C21H12Cl2N2O4/c22-14-2-4-15(5-3-14)25-20(26)13(11-24)9-16-6-8-19(29-16)17-10-12(21(27)28)1-7-18(17)23/h1-10H,(H,25,26)(H,27,28). The number of halogens is 2. The van der Waals surface area contributed by atoms with Gasteiger partial charge in [-0.3, -0.25) is 4.79 Å². The number of hydrogen-bond acceptors (Lipinski definition) is 4. The molecule has 2 aromatic carbocycles. The Bertz CT molecular complexity index is 1160. The normalized spacial score (nSPS) is 11.0. The summed E-state index contributed by atoms with van der Waals surface area (Å²) in [5.74, 6) is -1.17. The van der Waals surface area contributed by atoms with E-state index in [9.17, 15) is 14.9 Å². The zero-order valence-electron chi connectivity index (χ0n) is 14.6. The zero-order valence-corrected chi connectivity index (χ0v) is 16.2. The number of furan rings is 1. The molecule has 3 rings (SSSR count). The lowest BCUT2D eigenvalue weighted by Crippen LogP contribution is -2.13. The molecule has 0 saturated carbocycles. The second kappa shape index (κ2) is 8.65. The fourth-order valence-corrected chi connectivity index (χ4v) is 2.78. The number of rotatable bonds is 5. The molecule has 0 aliphatic rings. The maximum Gasteiger partial charge on any atom is 0.335 e. The Kier molecular flexibility index (Phi) is 6.03. The molecule has 0 radical (unpaired) electrons. The molecule has 0 aliphatic heterocycles. The maximum absolute atomic E-state index is 12.3. The van der Waals surface area contributed by atoms with Crippen molar-refractivity contribution in [1.82, 2.24) is 0 Å². The van der Waals surface area contributed by atoms with Crippen LogP contribution >= 0.6 is 23.2 Å². The number of anilines is 1. The first kappa shape index (κ1) is 20.2. The number of aromatic carboxylic acids is 1. The van der Waals surface area contributed by atoms with Gasteiger partial charge in [-0.1, -0.05) is 23.2 Å². The number of nitrogens with one attached hydrogen (secondary N) is 1. The van der Waals surface area contributed by atoms with E-state index < -0.39 is 11.9 Å². The third-order valence-electron chi connectivity index (χ3n) is 3.86. The van der Waals surface area contributed by atoms with E-state index >= 15 is 0 Å². The lowest BCUT2D eigenvalue weighted by molar-refractivity contribution is -0.112. The largest absolute Gasteiger partial charge is 0.478 e. The van der Waals surface area contributed by atoms with Crippen LogP contribution in [0.1, 0.15) is 16.1 Å². The quantitative estimate of drug-likeness (QED) is 0.414. The second-order valence-electron chi connectivity index (χ2n) is 5.83. The van der Waals surface area contributed by atoms with Crippen molar-refractivity contribution in [3.05, 3.63) is 81.5 Å². The van der Waals surface area contributed by atoms with Gasteiger partial charge in [-0.25, -0.2) is 4.79 Å². The van der Waals surface area contributed by atoms with Gasteiger partial charge in [0.2, 0.25) is 0 Å². The van der Waals surface area contributed by atoms with Crippen molar-refractivity contribution in [3.63, 3.8) is 0 Å². The summed E-state index contributed by atoms with van der Waals surface area (Å²) in [7, 11) is 0. The van der Waals surface area contributed by atoms with Crippen LogP contribution in [0.2, 0.25) is 10.0 Å². The summed E-state index contributed by atoms with van der Waals surface area (Å²) in [5, 5.41) is 21.9. The molecule has 29 heavy (non-hydrogen) atoms. The van der Waals surface area contributed by atoms with Gasteiger partial charge in [0.05, 0.1) is 10.6 Å². The highest BCUT2D eigenvalue weighted by Gasteiger charge is 2.14. The first-order valence-corrected chi connectivity index (χ1v) is 8.95. The highest BCUT2D eigenvalue weighted by molar-refractivity contribution is 6.33. The van der Waals surface area contributed by atoms with Gasteiger partial charge in [0.15, 0.2) is 0 Å². The number of hydrogen-bond donors (Lipinski definition) is 2. The summed E-state index contributed by atoms with van der Waals surface area (Å²) in [4.78, 5) is 23.5. The van der Waals surface area contributed by atoms with Gasteiger partial charge in [0.25, 0.3) is 5.91 Å². The van der Waals surface area contributed by atoms with Crippen LogP contribution in [-0.2, 0) is 4.79 Å². The van der Waals surface area contributed by atoms with Crippen LogP contribution in [0.25, 0.3) is 17.4 Å².